The van der Waals surface area contributed by atoms with Gasteiger partial charge in [-0.2, -0.15) is 0 Å². The third-order valence-corrected chi connectivity index (χ3v) is 4.58. The van der Waals surface area contributed by atoms with E-state index in [1.165, 1.54) is 11.1 Å². The predicted molar refractivity (Wildman–Crippen MR) is 116 cm³/mol. The molecule has 0 unspecified atom stereocenters. The van der Waals surface area contributed by atoms with Crippen LogP contribution in [0, 0.1) is 0 Å². The van der Waals surface area contributed by atoms with Gasteiger partial charge >= 0.3 is 7.12 Å². The molecule has 142 valence electrons. The van der Waals surface area contributed by atoms with Crippen molar-refractivity contribution in [3.63, 3.8) is 0 Å². The maximum Gasteiger partial charge on any atom is 0.489 e. The Morgan fingerprint density at radius 2 is 1.43 bits per heavy atom. The summed E-state index contributed by atoms with van der Waals surface area (Å²) in [6.07, 6.45) is 6.64. The molecule has 3 rings (SSSR count). The minimum atomic E-state index is -1.51. The largest absolute Gasteiger partial charge is 0.493 e. The molecule has 3 aromatic rings. The number of ether oxygens (including phenoxy) is 1. The van der Waals surface area contributed by atoms with Crippen molar-refractivity contribution in [3.8, 4) is 5.75 Å². The van der Waals surface area contributed by atoms with Gasteiger partial charge in [-0.15, -0.1) is 0 Å². The summed E-state index contributed by atoms with van der Waals surface area (Å²) in [6.45, 7) is 0.572. The first-order chi connectivity index (χ1) is 13.7. The maximum absolute atomic E-state index is 9.64. The Kier molecular flexibility index (Phi) is 7.48. The Hall–Kier alpha value is -2.82. The smallest absolute Gasteiger partial charge is 0.489 e. The zero-order valence-corrected chi connectivity index (χ0v) is 15.9. The van der Waals surface area contributed by atoms with E-state index in [-0.39, 0.29) is 0 Å². The normalized spacial score (nSPS) is 10.9. The van der Waals surface area contributed by atoms with Crippen LogP contribution in [0.3, 0.4) is 0 Å². The first-order valence-corrected chi connectivity index (χ1v) is 9.59. The molecule has 0 fully saturated rings. The molecule has 3 nitrogen and oxygen atoms in total. The highest BCUT2D eigenvalue weighted by Gasteiger charge is 2.15. The van der Waals surface area contributed by atoms with E-state index in [0.717, 1.165) is 30.6 Å². The molecule has 0 spiro atoms. The van der Waals surface area contributed by atoms with E-state index in [1.807, 2.05) is 48.5 Å². The summed E-state index contributed by atoms with van der Waals surface area (Å²) in [6, 6.07) is 25.8. The lowest BCUT2D eigenvalue weighted by Gasteiger charge is -2.10. The molecule has 0 amide bonds. The topological polar surface area (TPSA) is 49.7 Å². The number of hydrogen-bond acceptors (Lipinski definition) is 3. The molecule has 0 saturated carbocycles. The predicted octanol–water partition coefficient (Wildman–Crippen LogP) is 3.63. The molecule has 0 atom stereocenters. The van der Waals surface area contributed by atoms with E-state index in [4.69, 9.17) is 4.74 Å². The third kappa shape index (κ3) is 6.12. The van der Waals surface area contributed by atoms with Crippen molar-refractivity contribution in [1.82, 2.24) is 0 Å². The molecule has 4 heteroatoms. The van der Waals surface area contributed by atoms with Crippen LogP contribution in [-0.2, 0) is 12.8 Å². The van der Waals surface area contributed by atoms with E-state index < -0.39 is 7.12 Å². The van der Waals surface area contributed by atoms with Gasteiger partial charge in [-0.3, -0.25) is 0 Å². The van der Waals surface area contributed by atoms with Crippen LogP contribution in [0.4, 0.5) is 0 Å². The minimum Gasteiger partial charge on any atom is -0.493 e. The molecular weight excluding hydrogens is 347 g/mol. The van der Waals surface area contributed by atoms with Gasteiger partial charge in [0.1, 0.15) is 5.75 Å². The molecule has 0 heterocycles. The molecular formula is C24H25BO3. The van der Waals surface area contributed by atoms with Crippen molar-refractivity contribution in [3.05, 3.63) is 102 Å². The van der Waals surface area contributed by atoms with Gasteiger partial charge in [0.05, 0.1) is 6.61 Å². The Balaban J connectivity index is 1.61. The summed E-state index contributed by atoms with van der Waals surface area (Å²) in [5.74, 6) is 0.725. The van der Waals surface area contributed by atoms with Gasteiger partial charge in [0.2, 0.25) is 0 Å². The summed E-state index contributed by atoms with van der Waals surface area (Å²) in [5.41, 5.74) is 3.75. The van der Waals surface area contributed by atoms with Gasteiger partial charge < -0.3 is 14.8 Å². The van der Waals surface area contributed by atoms with Crippen LogP contribution >= 0.6 is 0 Å². The Morgan fingerprint density at radius 1 is 0.786 bits per heavy atom. The quantitative estimate of drug-likeness (QED) is 0.564. The summed E-state index contributed by atoms with van der Waals surface area (Å²) in [5, 5.41) is 19.3. The standard InChI is InChI=1S/C24H25BO3/c26-25(27)24-16-15-23(28-18-17-21-11-5-2-6-12-21)19-22(24)14-8-7-13-20-9-3-1-4-10-20/h1-6,8-12,14-16,19,26-27H,7,13,17-18H2/b14-8+. The van der Waals surface area contributed by atoms with Gasteiger partial charge in [0.15, 0.2) is 0 Å². The van der Waals surface area contributed by atoms with Crippen LogP contribution in [0.5, 0.6) is 5.75 Å². The second kappa shape index (κ2) is 10.5. The SMILES string of the molecule is OB(O)c1ccc(OCCc2ccccc2)cc1/C=C/CCc1ccccc1. The van der Waals surface area contributed by atoms with Gasteiger partial charge in [-0.05, 0) is 47.1 Å². The van der Waals surface area contributed by atoms with Crippen LogP contribution in [0.1, 0.15) is 23.1 Å². The lowest BCUT2D eigenvalue weighted by atomic mass is 9.77. The van der Waals surface area contributed by atoms with Gasteiger partial charge in [-0.1, -0.05) is 78.9 Å². The maximum atomic E-state index is 9.64. The van der Waals surface area contributed by atoms with Crippen LogP contribution in [-0.4, -0.2) is 23.8 Å². The molecule has 0 aliphatic heterocycles. The highest BCUT2D eigenvalue weighted by Crippen LogP contribution is 2.15. The molecule has 0 aliphatic rings. The molecule has 2 N–H and O–H groups in total. The van der Waals surface area contributed by atoms with Gasteiger partial charge in [-0.25, -0.2) is 0 Å². The van der Waals surface area contributed by atoms with Crippen molar-refractivity contribution in [2.45, 2.75) is 19.3 Å². The summed E-state index contributed by atoms with van der Waals surface area (Å²) in [7, 11) is -1.51. The molecule has 0 bridgehead atoms. The average molecular weight is 372 g/mol. The van der Waals surface area contributed by atoms with Crippen molar-refractivity contribution in [2.75, 3.05) is 6.61 Å². The summed E-state index contributed by atoms with van der Waals surface area (Å²) in [4.78, 5) is 0. The first kappa shape index (κ1) is 19.9. The van der Waals surface area contributed by atoms with Crippen LogP contribution in [0.15, 0.2) is 84.9 Å². The number of rotatable bonds is 9. The zero-order chi connectivity index (χ0) is 19.6. The summed E-state index contributed by atoms with van der Waals surface area (Å²) >= 11 is 0. The average Bonchev–Trinajstić information content (AvgIpc) is 2.73. The lowest BCUT2D eigenvalue weighted by molar-refractivity contribution is 0.322. The number of benzene rings is 3. The number of allylic oxidation sites excluding steroid dienone is 1. The highest BCUT2D eigenvalue weighted by molar-refractivity contribution is 6.59. The van der Waals surface area contributed by atoms with E-state index in [2.05, 4.69) is 30.3 Å². The minimum absolute atomic E-state index is 0.478. The van der Waals surface area contributed by atoms with E-state index in [0.29, 0.717) is 12.1 Å². The van der Waals surface area contributed by atoms with E-state index >= 15 is 0 Å². The Morgan fingerprint density at radius 3 is 2.07 bits per heavy atom. The highest BCUT2D eigenvalue weighted by atomic mass is 16.5. The molecule has 0 radical (unpaired) electrons. The zero-order valence-electron chi connectivity index (χ0n) is 15.9. The third-order valence-electron chi connectivity index (χ3n) is 4.58. The molecule has 0 saturated heterocycles. The molecule has 3 aromatic carbocycles. The first-order valence-electron chi connectivity index (χ1n) is 9.59. The van der Waals surface area contributed by atoms with Crippen molar-refractivity contribution >= 4 is 18.7 Å². The lowest BCUT2D eigenvalue weighted by Crippen LogP contribution is -2.32. The van der Waals surface area contributed by atoms with Crippen LogP contribution in [0.2, 0.25) is 0 Å². The number of aryl methyl sites for hydroxylation is 1. The van der Waals surface area contributed by atoms with Gasteiger partial charge in [0.25, 0.3) is 0 Å². The monoisotopic (exact) mass is 372 g/mol. The van der Waals surface area contributed by atoms with Crippen molar-refractivity contribution in [1.29, 1.82) is 0 Å². The Labute approximate surface area is 167 Å². The molecule has 0 aliphatic carbocycles. The summed E-state index contributed by atoms with van der Waals surface area (Å²) < 4.78 is 5.86. The van der Waals surface area contributed by atoms with E-state index in [9.17, 15) is 10.0 Å². The van der Waals surface area contributed by atoms with Crippen molar-refractivity contribution in [2.24, 2.45) is 0 Å². The fraction of sp³-hybridized carbons (Fsp3) is 0.167. The van der Waals surface area contributed by atoms with Crippen molar-refractivity contribution < 1.29 is 14.8 Å². The fourth-order valence-corrected chi connectivity index (χ4v) is 3.06. The molecule has 0 aromatic heterocycles. The number of hydrogen-bond donors (Lipinski definition) is 2. The second-order valence-electron chi connectivity index (χ2n) is 6.68. The van der Waals surface area contributed by atoms with Crippen LogP contribution in [0.25, 0.3) is 6.08 Å². The Bertz CT molecular complexity index is 877. The van der Waals surface area contributed by atoms with E-state index in [1.54, 1.807) is 12.1 Å². The second-order valence-corrected chi connectivity index (χ2v) is 6.68. The van der Waals surface area contributed by atoms with Crippen LogP contribution < -0.4 is 10.2 Å². The fourth-order valence-electron chi connectivity index (χ4n) is 3.06. The van der Waals surface area contributed by atoms with Gasteiger partial charge in [0, 0.05) is 6.42 Å². The molecule has 28 heavy (non-hydrogen) atoms.